The van der Waals surface area contributed by atoms with Crippen LogP contribution in [-0.4, -0.2) is 89.6 Å². The number of fused-ring (bicyclic) bond motifs is 1. The molecule has 2 fully saturated rings. The molecule has 4 aromatic rings. The monoisotopic (exact) mass is 811 g/mol. The first-order valence-corrected chi connectivity index (χ1v) is 20.5. The third-order valence-corrected chi connectivity index (χ3v) is 12.1. The van der Waals surface area contributed by atoms with Gasteiger partial charge in [0.05, 0.1) is 16.0 Å². The molecule has 304 valence electrons. The summed E-state index contributed by atoms with van der Waals surface area (Å²) in [4.78, 5) is 64.8. The first-order chi connectivity index (χ1) is 27.5. The van der Waals surface area contributed by atoms with E-state index < -0.39 is 51.0 Å². The fourth-order valence-electron chi connectivity index (χ4n) is 7.53. The number of piperidine rings is 2. The zero-order valence-electron chi connectivity index (χ0n) is 32.9. The Balaban J connectivity index is 0.935. The number of nitrogens with zero attached hydrogens (tertiary/aromatic N) is 5. The zero-order chi connectivity index (χ0) is 41.5. The number of nitrogens with one attached hydrogen (secondary N) is 4. The van der Waals surface area contributed by atoms with Crippen LogP contribution in [0, 0.1) is 12.7 Å². The van der Waals surface area contributed by atoms with Gasteiger partial charge >= 0.3 is 0 Å². The average molecular weight is 812 g/mol. The summed E-state index contributed by atoms with van der Waals surface area (Å²) in [7, 11) is -1.77. The summed E-state index contributed by atoms with van der Waals surface area (Å²) >= 11 is 0. The number of hydrogen-bond acceptors (Lipinski definition) is 12. The second-order valence-corrected chi connectivity index (χ2v) is 17.7. The molecule has 58 heavy (non-hydrogen) atoms. The third-order valence-electron chi connectivity index (χ3n) is 10.4. The summed E-state index contributed by atoms with van der Waals surface area (Å²) in [5.74, 6) is -2.72. The minimum absolute atomic E-state index is 0.00105. The van der Waals surface area contributed by atoms with Gasteiger partial charge < -0.3 is 15.5 Å². The van der Waals surface area contributed by atoms with Gasteiger partial charge in [-0.25, -0.2) is 22.5 Å². The molecule has 0 radical (unpaired) electrons. The topological polar surface area (TPSA) is 186 Å². The second kappa shape index (κ2) is 15.9. The van der Waals surface area contributed by atoms with Gasteiger partial charge in [0.15, 0.2) is 0 Å². The van der Waals surface area contributed by atoms with Crippen molar-refractivity contribution in [3.8, 4) is 0 Å². The summed E-state index contributed by atoms with van der Waals surface area (Å²) in [6.45, 7) is 9.16. The molecule has 7 rings (SSSR count). The van der Waals surface area contributed by atoms with Crippen molar-refractivity contribution in [1.82, 2.24) is 29.8 Å². The number of carbonyl (C=O) groups is 4. The Kier molecular flexibility index (Phi) is 11.1. The number of aryl methyl sites for hydroxylation is 1. The number of rotatable bonds is 11. The van der Waals surface area contributed by atoms with Gasteiger partial charge in [-0.15, -0.1) is 0 Å². The molecule has 2 saturated heterocycles. The highest BCUT2D eigenvalue weighted by Gasteiger charge is 2.46. The van der Waals surface area contributed by atoms with Gasteiger partial charge in [0.25, 0.3) is 11.8 Å². The van der Waals surface area contributed by atoms with Gasteiger partial charge in [-0.1, -0.05) is 6.07 Å². The molecule has 0 spiro atoms. The molecule has 15 nitrogen and oxygen atoms in total. The Morgan fingerprint density at radius 1 is 0.931 bits per heavy atom. The van der Waals surface area contributed by atoms with Crippen LogP contribution in [0.25, 0.3) is 0 Å². The third kappa shape index (κ3) is 8.71. The number of anilines is 5. The fraction of sp³-hybridized carbons (Fsp3) is 0.366. The summed E-state index contributed by atoms with van der Waals surface area (Å²) in [6.07, 6.45) is 3.37. The lowest BCUT2D eigenvalue weighted by atomic mass is 10.0. The van der Waals surface area contributed by atoms with Crippen molar-refractivity contribution in [3.63, 3.8) is 0 Å². The summed E-state index contributed by atoms with van der Waals surface area (Å²) in [5, 5.41) is 8.63. The first-order valence-electron chi connectivity index (χ1n) is 19.1. The molecular formula is C41H46FN9O6S. The maximum atomic E-state index is 15.3. The molecule has 3 aromatic carbocycles. The molecule has 17 heteroatoms. The van der Waals surface area contributed by atoms with E-state index in [4.69, 9.17) is 0 Å². The van der Waals surface area contributed by atoms with Gasteiger partial charge in [0.1, 0.15) is 17.7 Å². The van der Waals surface area contributed by atoms with Gasteiger partial charge in [-0.3, -0.25) is 34.3 Å². The van der Waals surface area contributed by atoms with Crippen molar-refractivity contribution >= 4 is 62.5 Å². The van der Waals surface area contributed by atoms with E-state index in [1.165, 1.54) is 12.1 Å². The number of benzene rings is 3. The minimum Gasteiger partial charge on any atom is -0.371 e. The van der Waals surface area contributed by atoms with E-state index in [1.54, 1.807) is 51.2 Å². The second-order valence-electron chi connectivity index (χ2n) is 16.0. The lowest BCUT2D eigenvalue weighted by Crippen LogP contribution is -2.54. The van der Waals surface area contributed by atoms with Crippen LogP contribution in [0.4, 0.5) is 33.2 Å². The van der Waals surface area contributed by atoms with Gasteiger partial charge in [0.2, 0.25) is 27.8 Å². The average Bonchev–Trinajstić information content (AvgIpc) is 3.41. The summed E-state index contributed by atoms with van der Waals surface area (Å²) in [6, 6.07) is 16.4. The van der Waals surface area contributed by atoms with Crippen LogP contribution >= 0.6 is 0 Å². The van der Waals surface area contributed by atoms with E-state index in [9.17, 15) is 27.6 Å². The smallest absolute Gasteiger partial charge is 0.265 e. The largest absolute Gasteiger partial charge is 0.371 e. The number of amides is 4. The van der Waals surface area contributed by atoms with Crippen LogP contribution in [-0.2, 0) is 26.2 Å². The van der Waals surface area contributed by atoms with E-state index in [-0.39, 0.29) is 34.9 Å². The normalized spacial score (nSPS) is 17.8. The molecule has 0 aliphatic carbocycles. The van der Waals surface area contributed by atoms with Crippen molar-refractivity contribution in [2.24, 2.45) is 0 Å². The van der Waals surface area contributed by atoms with Crippen LogP contribution < -0.4 is 25.6 Å². The number of halogens is 1. The zero-order valence-corrected chi connectivity index (χ0v) is 33.7. The highest BCUT2D eigenvalue weighted by atomic mass is 32.2. The minimum atomic E-state index is -3.72. The van der Waals surface area contributed by atoms with Crippen LogP contribution in [0.2, 0.25) is 0 Å². The Morgan fingerprint density at radius 2 is 1.66 bits per heavy atom. The molecule has 1 aromatic heterocycles. The highest BCUT2D eigenvalue weighted by Crippen LogP contribution is 2.32. The van der Waals surface area contributed by atoms with Gasteiger partial charge in [0, 0.05) is 66.5 Å². The molecule has 0 bridgehead atoms. The van der Waals surface area contributed by atoms with Crippen molar-refractivity contribution < 1.29 is 32.0 Å². The molecular weight excluding hydrogens is 766 g/mol. The SMILES string of the molecule is Cc1cnc(Nc2ccc(N3CCC(N(C)Cc4cc(F)c5c(c4)C(=O)N(C4CCC(=O)NC4=O)C5=O)CC3)cc2)nc1Nc1cccc(S(=O)(=O)NC(C)(C)C)c1. The van der Waals surface area contributed by atoms with E-state index in [0.717, 1.165) is 47.8 Å². The van der Waals surface area contributed by atoms with E-state index in [1.807, 2.05) is 38.2 Å². The Hall–Kier alpha value is -5.78. The first kappa shape index (κ1) is 40.4. The van der Waals surface area contributed by atoms with Crippen molar-refractivity contribution in [3.05, 3.63) is 94.9 Å². The predicted octanol–water partition coefficient (Wildman–Crippen LogP) is 4.99. The molecule has 3 aliphatic rings. The Morgan fingerprint density at radius 3 is 2.34 bits per heavy atom. The number of imide groups is 2. The fourth-order valence-corrected chi connectivity index (χ4v) is 8.99. The molecule has 3 aliphatic heterocycles. The molecule has 0 saturated carbocycles. The van der Waals surface area contributed by atoms with Crippen molar-refractivity contribution in [2.75, 3.05) is 35.7 Å². The summed E-state index contributed by atoms with van der Waals surface area (Å²) in [5.41, 5.74) is 2.70. The molecule has 1 atom stereocenters. The molecule has 4 N–H and O–H groups in total. The number of carbonyl (C=O) groups excluding carboxylic acids is 4. The maximum Gasteiger partial charge on any atom is 0.265 e. The summed E-state index contributed by atoms with van der Waals surface area (Å²) < 4.78 is 43.8. The molecule has 4 heterocycles. The van der Waals surface area contributed by atoms with Crippen LogP contribution in [0.15, 0.2) is 71.8 Å². The van der Waals surface area contributed by atoms with Crippen molar-refractivity contribution in [2.45, 2.75) is 82.4 Å². The Labute approximate surface area is 336 Å². The number of hydrogen-bond donors (Lipinski definition) is 4. The predicted molar refractivity (Wildman–Crippen MR) is 216 cm³/mol. The maximum absolute atomic E-state index is 15.3. The Bertz CT molecular complexity index is 2400. The van der Waals surface area contributed by atoms with Gasteiger partial charge in [-0.2, -0.15) is 4.98 Å². The molecule has 1 unspecified atom stereocenters. The highest BCUT2D eigenvalue weighted by molar-refractivity contribution is 7.89. The van der Waals surface area contributed by atoms with E-state index in [2.05, 4.69) is 40.4 Å². The van der Waals surface area contributed by atoms with Gasteiger partial charge in [-0.05, 0) is 114 Å². The van der Waals surface area contributed by atoms with Crippen LogP contribution in [0.3, 0.4) is 0 Å². The lowest BCUT2D eigenvalue weighted by Gasteiger charge is -2.38. The number of aromatic nitrogens is 2. The van der Waals surface area contributed by atoms with E-state index >= 15 is 4.39 Å². The van der Waals surface area contributed by atoms with Crippen LogP contribution in [0.1, 0.15) is 78.3 Å². The van der Waals surface area contributed by atoms with Crippen LogP contribution in [0.5, 0.6) is 0 Å². The standard InChI is InChI=1S/C41H46FN9O6S/c1-24-22-43-40(47-36(24)44-27-7-6-8-30(21-27)58(56,57)48-41(2,3)4)45-26-9-11-29(12-10-26)50-17-15-28(16-18-50)49(5)23-25-19-31-35(32(42)20-25)39(55)51(38(31)54)33-13-14-34(52)46-37(33)53/h6-12,19-22,28,33,48H,13-18,23H2,1-5H3,(H,46,52,53)(H2,43,44,45,47). The van der Waals surface area contributed by atoms with Crippen molar-refractivity contribution in [1.29, 1.82) is 0 Å². The number of sulfonamides is 1. The lowest BCUT2D eigenvalue weighted by molar-refractivity contribution is -0.136. The molecule has 4 amide bonds. The van der Waals surface area contributed by atoms with E-state index in [0.29, 0.717) is 29.6 Å². The quantitative estimate of drug-likeness (QED) is 0.149.